The molecule has 0 aliphatic heterocycles. The molecule has 1 N–H and O–H groups in total. The molecule has 0 spiro atoms. The molecule has 3 rings (SSSR count). The minimum absolute atomic E-state index is 0.0871. The first kappa shape index (κ1) is 15.8. The molecule has 0 aliphatic rings. The highest BCUT2D eigenvalue weighted by Crippen LogP contribution is 2.25. The van der Waals surface area contributed by atoms with Crippen molar-refractivity contribution in [1.82, 2.24) is 9.78 Å². The molecule has 2 heterocycles. The van der Waals surface area contributed by atoms with Gasteiger partial charge >= 0.3 is 0 Å². The lowest BCUT2D eigenvalue weighted by Gasteiger charge is -2.04. The Morgan fingerprint density at radius 2 is 2.08 bits per heavy atom. The van der Waals surface area contributed by atoms with Gasteiger partial charge in [0.05, 0.1) is 17.1 Å². The molecule has 0 aliphatic carbocycles. The van der Waals surface area contributed by atoms with Crippen molar-refractivity contribution in [3.05, 3.63) is 59.4 Å². The highest BCUT2D eigenvalue weighted by molar-refractivity contribution is 6.03. The van der Waals surface area contributed by atoms with Crippen molar-refractivity contribution in [1.29, 1.82) is 0 Å². The fraction of sp³-hybridized carbons (Fsp3) is 0.176. The van der Waals surface area contributed by atoms with E-state index in [4.69, 9.17) is 9.15 Å². The second-order valence-electron chi connectivity index (χ2n) is 5.30. The summed E-state index contributed by atoms with van der Waals surface area (Å²) in [6, 6.07) is 8.65. The van der Waals surface area contributed by atoms with Gasteiger partial charge in [0.2, 0.25) is 0 Å². The van der Waals surface area contributed by atoms with Crippen molar-refractivity contribution in [3.8, 4) is 11.7 Å². The van der Waals surface area contributed by atoms with Gasteiger partial charge in [-0.25, -0.2) is 4.39 Å². The normalized spacial score (nSPS) is 10.7. The third-order valence-electron chi connectivity index (χ3n) is 3.57. The number of anilines is 1. The van der Waals surface area contributed by atoms with Crippen LogP contribution in [0.4, 0.5) is 10.1 Å². The average molecular weight is 329 g/mol. The number of nitrogens with zero attached hydrogens (tertiary/aromatic N) is 2. The SMILES string of the molecule is Cc1nn(C)c(C)c1NC(=O)c1ccc(Oc2cccc(F)c2)o1. The van der Waals surface area contributed by atoms with Crippen LogP contribution in [-0.2, 0) is 7.05 Å². The Labute approximate surface area is 137 Å². The Balaban J connectivity index is 1.74. The predicted octanol–water partition coefficient (Wildman–Crippen LogP) is 3.81. The van der Waals surface area contributed by atoms with Gasteiger partial charge in [0, 0.05) is 19.2 Å². The summed E-state index contributed by atoms with van der Waals surface area (Å²) in [6.07, 6.45) is 0. The van der Waals surface area contributed by atoms with E-state index in [1.807, 2.05) is 13.8 Å². The molecule has 0 fully saturated rings. The zero-order valence-corrected chi connectivity index (χ0v) is 13.5. The second-order valence-corrected chi connectivity index (χ2v) is 5.30. The number of amides is 1. The Hall–Kier alpha value is -3.09. The maximum atomic E-state index is 13.1. The van der Waals surface area contributed by atoms with Crippen LogP contribution in [0.1, 0.15) is 21.9 Å². The summed E-state index contributed by atoms with van der Waals surface area (Å²) in [5.41, 5.74) is 2.20. The summed E-state index contributed by atoms with van der Waals surface area (Å²) in [6.45, 7) is 3.67. The number of aromatic nitrogens is 2. The fourth-order valence-electron chi connectivity index (χ4n) is 2.27. The molecule has 24 heavy (non-hydrogen) atoms. The number of furan rings is 1. The van der Waals surface area contributed by atoms with E-state index >= 15 is 0 Å². The van der Waals surface area contributed by atoms with Crippen LogP contribution in [-0.4, -0.2) is 15.7 Å². The maximum Gasteiger partial charge on any atom is 0.291 e. The van der Waals surface area contributed by atoms with Gasteiger partial charge in [0.25, 0.3) is 11.9 Å². The molecule has 1 amide bonds. The smallest absolute Gasteiger partial charge is 0.291 e. The number of rotatable bonds is 4. The third kappa shape index (κ3) is 3.15. The zero-order chi connectivity index (χ0) is 17.3. The molecule has 2 aromatic heterocycles. The quantitative estimate of drug-likeness (QED) is 0.790. The lowest BCUT2D eigenvalue weighted by Crippen LogP contribution is -2.12. The molecule has 7 heteroatoms. The van der Waals surface area contributed by atoms with Crippen LogP contribution in [0.3, 0.4) is 0 Å². The second kappa shape index (κ2) is 6.19. The molecular formula is C17H16FN3O3. The summed E-state index contributed by atoms with van der Waals surface area (Å²) in [7, 11) is 1.80. The van der Waals surface area contributed by atoms with E-state index in [1.54, 1.807) is 17.8 Å². The molecule has 1 aromatic carbocycles. The lowest BCUT2D eigenvalue weighted by molar-refractivity contribution is 0.0991. The lowest BCUT2D eigenvalue weighted by atomic mass is 10.3. The number of nitrogens with one attached hydrogen (secondary N) is 1. The number of carbonyl (C=O) groups is 1. The summed E-state index contributed by atoms with van der Waals surface area (Å²) < 4.78 is 25.6. The van der Waals surface area contributed by atoms with E-state index in [2.05, 4.69) is 10.4 Å². The molecule has 0 saturated carbocycles. The molecule has 124 valence electrons. The Morgan fingerprint density at radius 1 is 1.29 bits per heavy atom. The number of ether oxygens (including phenoxy) is 1. The van der Waals surface area contributed by atoms with Gasteiger partial charge in [0.1, 0.15) is 11.6 Å². The van der Waals surface area contributed by atoms with Gasteiger partial charge < -0.3 is 14.5 Å². The monoisotopic (exact) mass is 329 g/mol. The minimum atomic E-state index is -0.417. The van der Waals surface area contributed by atoms with E-state index in [0.29, 0.717) is 11.4 Å². The number of carbonyl (C=O) groups excluding carboxylic acids is 1. The van der Waals surface area contributed by atoms with Crippen LogP contribution in [0.15, 0.2) is 40.8 Å². The summed E-state index contributed by atoms with van der Waals surface area (Å²) in [5, 5.41) is 7.01. The molecule has 0 radical (unpaired) electrons. The van der Waals surface area contributed by atoms with Crippen molar-refractivity contribution in [2.24, 2.45) is 7.05 Å². The molecule has 3 aromatic rings. The predicted molar refractivity (Wildman–Crippen MR) is 85.8 cm³/mol. The fourth-order valence-corrected chi connectivity index (χ4v) is 2.27. The zero-order valence-electron chi connectivity index (χ0n) is 13.5. The van der Waals surface area contributed by atoms with Crippen LogP contribution in [0.2, 0.25) is 0 Å². The van der Waals surface area contributed by atoms with Gasteiger partial charge in [-0.15, -0.1) is 0 Å². The molecule has 0 atom stereocenters. The van der Waals surface area contributed by atoms with Gasteiger partial charge in [-0.2, -0.15) is 5.10 Å². The van der Waals surface area contributed by atoms with Gasteiger partial charge in [-0.1, -0.05) is 6.07 Å². The average Bonchev–Trinajstić information content (AvgIpc) is 3.08. The van der Waals surface area contributed by atoms with Crippen molar-refractivity contribution >= 4 is 11.6 Å². The Morgan fingerprint density at radius 3 is 2.75 bits per heavy atom. The molecular weight excluding hydrogens is 313 g/mol. The molecule has 6 nitrogen and oxygen atoms in total. The topological polar surface area (TPSA) is 69.3 Å². The summed E-state index contributed by atoms with van der Waals surface area (Å²) >= 11 is 0. The Bertz CT molecular complexity index is 898. The van der Waals surface area contributed by atoms with E-state index in [-0.39, 0.29) is 17.5 Å². The maximum absolute atomic E-state index is 13.1. The largest absolute Gasteiger partial charge is 0.426 e. The van der Waals surface area contributed by atoms with E-state index in [9.17, 15) is 9.18 Å². The first-order chi connectivity index (χ1) is 11.4. The molecule has 0 bridgehead atoms. The highest BCUT2D eigenvalue weighted by Gasteiger charge is 2.17. The number of benzene rings is 1. The third-order valence-corrected chi connectivity index (χ3v) is 3.57. The van der Waals surface area contributed by atoms with Crippen LogP contribution in [0.25, 0.3) is 0 Å². The van der Waals surface area contributed by atoms with E-state index < -0.39 is 11.7 Å². The standard InChI is InChI=1S/C17H16FN3O3/c1-10-16(11(2)21(3)20-10)19-17(22)14-7-8-15(24-14)23-13-6-4-5-12(18)9-13/h4-9H,1-3H3,(H,19,22). The molecule has 0 unspecified atom stereocenters. The van der Waals surface area contributed by atoms with Crippen LogP contribution in [0, 0.1) is 19.7 Å². The number of hydrogen-bond donors (Lipinski definition) is 1. The van der Waals surface area contributed by atoms with Crippen LogP contribution >= 0.6 is 0 Å². The molecule has 0 saturated heterocycles. The van der Waals surface area contributed by atoms with E-state index in [0.717, 1.165) is 5.69 Å². The van der Waals surface area contributed by atoms with Crippen molar-refractivity contribution in [3.63, 3.8) is 0 Å². The first-order valence-corrected chi connectivity index (χ1v) is 7.29. The van der Waals surface area contributed by atoms with Crippen molar-refractivity contribution in [2.45, 2.75) is 13.8 Å². The first-order valence-electron chi connectivity index (χ1n) is 7.29. The summed E-state index contributed by atoms with van der Waals surface area (Å²) in [4.78, 5) is 12.3. The van der Waals surface area contributed by atoms with Crippen LogP contribution in [0.5, 0.6) is 11.7 Å². The van der Waals surface area contributed by atoms with Gasteiger partial charge in [0.15, 0.2) is 5.76 Å². The number of aryl methyl sites for hydroxylation is 2. The highest BCUT2D eigenvalue weighted by atomic mass is 19.1. The van der Waals surface area contributed by atoms with Gasteiger partial charge in [-0.05, 0) is 32.0 Å². The van der Waals surface area contributed by atoms with Crippen molar-refractivity contribution < 1.29 is 18.3 Å². The number of halogens is 1. The minimum Gasteiger partial charge on any atom is -0.426 e. The Kier molecular flexibility index (Phi) is 4.07. The van der Waals surface area contributed by atoms with Gasteiger partial charge in [-0.3, -0.25) is 9.48 Å². The summed E-state index contributed by atoms with van der Waals surface area (Å²) in [5.74, 6) is -0.354. The van der Waals surface area contributed by atoms with Crippen LogP contribution < -0.4 is 10.1 Å². The number of hydrogen-bond acceptors (Lipinski definition) is 4. The van der Waals surface area contributed by atoms with E-state index in [1.165, 1.54) is 30.3 Å². The van der Waals surface area contributed by atoms with Crippen molar-refractivity contribution in [2.75, 3.05) is 5.32 Å².